The third-order valence-corrected chi connectivity index (χ3v) is 14.1. The maximum atomic E-state index is 12.9. The van der Waals surface area contributed by atoms with Crippen LogP contribution >= 0.6 is 0 Å². The Labute approximate surface area is 412 Å². The Balaban J connectivity index is 4.30. The van der Waals surface area contributed by atoms with Crippen LogP contribution in [0, 0.1) is 11.8 Å². The Bertz CT molecular complexity index is 1010. The van der Waals surface area contributed by atoms with E-state index in [1.54, 1.807) is 0 Å². The van der Waals surface area contributed by atoms with Crippen LogP contribution in [0.2, 0.25) is 0 Å². The molecule has 0 aliphatic rings. The van der Waals surface area contributed by atoms with E-state index in [2.05, 4.69) is 34.6 Å². The zero-order valence-electron chi connectivity index (χ0n) is 45.3. The van der Waals surface area contributed by atoms with Gasteiger partial charge in [-0.25, -0.2) is 0 Å². The van der Waals surface area contributed by atoms with Gasteiger partial charge in [0.2, 0.25) is 0 Å². The maximum absolute atomic E-state index is 12.9. The molecule has 0 N–H and O–H groups in total. The maximum Gasteiger partial charge on any atom is 0.306 e. The molecule has 6 heteroatoms. The molecule has 0 spiro atoms. The molecule has 0 saturated carbocycles. The van der Waals surface area contributed by atoms with E-state index in [1.165, 1.54) is 225 Å². The molecule has 0 rings (SSSR count). The van der Waals surface area contributed by atoms with Crippen LogP contribution in [0.5, 0.6) is 0 Å². The minimum atomic E-state index is -0.763. The molecule has 1 unspecified atom stereocenters. The van der Waals surface area contributed by atoms with Crippen LogP contribution in [-0.2, 0) is 28.6 Å². The summed E-state index contributed by atoms with van der Waals surface area (Å²) >= 11 is 0. The number of ether oxygens (including phenoxy) is 3. The average molecular weight is 934 g/mol. The molecule has 0 heterocycles. The van der Waals surface area contributed by atoms with Crippen molar-refractivity contribution >= 4 is 17.9 Å². The molecule has 0 radical (unpaired) electrons. The Hall–Kier alpha value is -1.59. The van der Waals surface area contributed by atoms with E-state index in [1.807, 2.05) is 0 Å². The number of unbranched alkanes of at least 4 members (excludes halogenated alkanes) is 38. The lowest BCUT2D eigenvalue weighted by Gasteiger charge is -2.18. The molecule has 0 aliphatic carbocycles. The summed E-state index contributed by atoms with van der Waals surface area (Å²) in [5.74, 6) is 0.871. The van der Waals surface area contributed by atoms with E-state index in [0.29, 0.717) is 19.3 Å². The van der Waals surface area contributed by atoms with Gasteiger partial charge in [-0.3, -0.25) is 14.4 Å². The highest BCUT2D eigenvalue weighted by Crippen LogP contribution is 2.19. The lowest BCUT2D eigenvalue weighted by atomic mass is 9.99. The average Bonchev–Trinajstić information content (AvgIpc) is 3.30. The van der Waals surface area contributed by atoms with Crippen LogP contribution in [0.3, 0.4) is 0 Å². The van der Waals surface area contributed by atoms with Gasteiger partial charge in [0.25, 0.3) is 0 Å². The number of carbonyl (C=O) groups is 3. The van der Waals surface area contributed by atoms with Gasteiger partial charge in [0.1, 0.15) is 13.2 Å². The lowest BCUT2D eigenvalue weighted by molar-refractivity contribution is -0.167. The van der Waals surface area contributed by atoms with Gasteiger partial charge in [0, 0.05) is 19.3 Å². The number of rotatable bonds is 54. The Morgan fingerprint density at radius 2 is 0.576 bits per heavy atom. The molecule has 0 aromatic carbocycles. The van der Waals surface area contributed by atoms with Crippen LogP contribution in [0.25, 0.3) is 0 Å². The number of hydrogen-bond acceptors (Lipinski definition) is 6. The first-order valence-corrected chi connectivity index (χ1v) is 29.8. The van der Waals surface area contributed by atoms with Crippen molar-refractivity contribution < 1.29 is 28.6 Å². The van der Waals surface area contributed by atoms with Gasteiger partial charge in [-0.15, -0.1) is 0 Å². The van der Waals surface area contributed by atoms with Gasteiger partial charge in [0.05, 0.1) is 0 Å². The highest BCUT2D eigenvalue weighted by molar-refractivity contribution is 5.71. The SMILES string of the molecule is CCCCCCCCCCCCCCCCCCCCC(=O)O[C@H](COC(=O)CCCCCCCCCCCCCCCC(C)C)COC(=O)CCCCCCCCCCCCC(C)CC. The first kappa shape index (κ1) is 64.4. The standard InChI is InChI=1S/C60H116O6/c1-6-8-9-10-11-12-13-14-15-16-17-18-21-25-32-37-42-47-52-60(63)66-57(54-65-59(62)51-46-41-36-31-27-26-29-34-39-44-49-56(5)7-2)53-64-58(61)50-45-40-35-30-24-22-19-20-23-28-33-38-43-48-55(3)4/h55-57H,6-54H2,1-5H3/t56?,57-/m1/s1. The van der Waals surface area contributed by atoms with Gasteiger partial charge >= 0.3 is 17.9 Å². The van der Waals surface area contributed by atoms with Crippen molar-refractivity contribution in [3.05, 3.63) is 0 Å². The summed E-state index contributed by atoms with van der Waals surface area (Å²) in [4.78, 5) is 38.2. The Morgan fingerprint density at radius 1 is 0.318 bits per heavy atom. The summed E-state index contributed by atoms with van der Waals surface area (Å²) in [5.41, 5.74) is 0. The first-order valence-electron chi connectivity index (χ1n) is 29.8. The molecule has 6 nitrogen and oxygen atoms in total. The van der Waals surface area contributed by atoms with E-state index >= 15 is 0 Å². The van der Waals surface area contributed by atoms with Crippen molar-refractivity contribution in [1.29, 1.82) is 0 Å². The van der Waals surface area contributed by atoms with Gasteiger partial charge in [-0.2, -0.15) is 0 Å². The first-order chi connectivity index (χ1) is 32.3. The van der Waals surface area contributed by atoms with E-state index < -0.39 is 6.10 Å². The number of hydrogen-bond donors (Lipinski definition) is 0. The zero-order valence-corrected chi connectivity index (χ0v) is 45.3. The molecule has 0 fully saturated rings. The predicted molar refractivity (Wildman–Crippen MR) is 284 cm³/mol. The van der Waals surface area contributed by atoms with E-state index in [0.717, 1.165) is 69.6 Å². The zero-order chi connectivity index (χ0) is 48.2. The Kier molecular flexibility index (Phi) is 51.5. The molecular weight excluding hydrogens is 817 g/mol. The summed E-state index contributed by atoms with van der Waals surface area (Å²) in [5, 5.41) is 0. The monoisotopic (exact) mass is 933 g/mol. The van der Waals surface area contributed by atoms with Crippen molar-refractivity contribution in [2.75, 3.05) is 13.2 Å². The second-order valence-electron chi connectivity index (χ2n) is 21.4. The van der Waals surface area contributed by atoms with Crippen LogP contribution in [0.15, 0.2) is 0 Å². The smallest absolute Gasteiger partial charge is 0.306 e. The second-order valence-corrected chi connectivity index (χ2v) is 21.4. The molecular formula is C60H116O6. The van der Waals surface area contributed by atoms with Crippen molar-refractivity contribution in [3.63, 3.8) is 0 Å². The molecule has 0 aromatic rings. The third-order valence-electron chi connectivity index (χ3n) is 14.1. The van der Waals surface area contributed by atoms with Crippen LogP contribution < -0.4 is 0 Å². The van der Waals surface area contributed by atoms with Gasteiger partial charge < -0.3 is 14.2 Å². The molecule has 66 heavy (non-hydrogen) atoms. The van der Waals surface area contributed by atoms with Crippen LogP contribution in [-0.4, -0.2) is 37.2 Å². The second kappa shape index (κ2) is 52.8. The number of esters is 3. The fourth-order valence-corrected chi connectivity index (χ4v) is 9.20. The molecule has 2 atom stereocenters. The highest BCUT2D eigenvalue weighted by atomic mass is 16.6. The van der Waals surface area contributed by atoms with Gasteiger partial charge in [-0.05, 0) is 31.1 Å². The van der Waals surface area contributed by atoms with Crippen molar-refractivity contribution in [3.8, 4) is 0 Å². The summed E-state index contributed by atoms with van der Waals surface area (Å²) in [6, 6.07) is 0. The number of carbonyl (C=O) groups excluding carboxylic acids is 3. The summed E-state index contributed by atoms with van der Waals surface area (Å²) in [6.07, 6.45) is 56.6. The highest BCUT2D eigenvalue weighted by Gasteiger charge is 2.19. The van der Waals surface area contributed by atoms with Gasteiger partial charge in [-0.1, -0.05) is 298 Å². The summed E-state index contributed by atoms with van der Waals surface area (Å²) in [7, 11) is 0. The van der Waals surface area contributed by atoms with E-state index in [-0.39, 0.29) is 31.1 Å². The van der Waals surface area contributed by atoms with Crippen molar-refractivity contribution in [1.82, 2.24) is 0 Å². The van der Waals surface area contributed by atoms with Crippen molar-refractivity contribution in [2.24, 2.45) is 11.8 Å². The van der Waals surface area contributed by atoms with E-state index in [4.69, 9.17) is 14.2 Å². The molecule has 0 aliphatic heterocycles. The Morgan fingerprint density at radius 3 is 0.864 bits per heavy atom. The summed E-state index contributed by atoms with van der Waals surface area (Å²) < 4.78 is 16.9. The fourth-order valence-electron chi connectivity index (χ4n) is 9.20. The fraction of sp³-hybridized carbons (Fsp3) is 0.950. The molecule has 0 saturated heterocycles. The topological polar surface area (TPSA) is 78.9 Å². The summed E-state index contributed by atoms with van der Waals surface area (Å²) in [6.45, 7) is 11.4. The third kappa shape index (κ3) is 51.8. The van der Waals surface area contributed by atoms with Crippen LogP contribution in [0.4, 0.5) is 0 Å². The molecule has 0 aromatic heterocycles. The van der Waals surface area contributed by atoms with Crippen LogP contribution in [0.1, 0.15) is 336 Å². The normalized spacial score (nSPS) is 12.5. The van der Waals surface area contributed by atoms with E-state index in [9.17, 15) is 14.4 Å². The molecule has 0 bridgehead atoms. The predicted octanol–water partition coefficient (Wildman–Crippen LogP) is 19.7. The van der Waals surface area contributed by atoms with Gasteiger partial charge in [0.15, 0.2) is 6.10 Å². The quantitative estimate of drug-likeness (QED) is 0.0343. The van der Waals surface area contributed by atoms with Crippen molar-refractivity contribution in [2.45, 2.75) is 343 Å². The molecule has 392 valence electrons. The lowest BCUT2D eigenvalue weighted by Crippen LogP contribution is -2.30. The largest absolute Gasteiger partial charge is 0.462 e. The minimum Gasteiger partial charge on any atom is -0.462 e. The minimum absolute atomic E-state index is 0.0627. The molecule has 0 amide bonds.